The zero-order chi connectivity index (χ0) is 18.5. The number of methoxy groups -OCH3 is 1. The van der Waals surface area contributed by atoms with Gasteiger partial charge in [-0.15, -0.1) is 0 Å². The maximum atomic E-state index is 12.3. The van der Waals surface area contributed by atoms with Crippen LogP contribution in [0.4, 0.5) is 0 Å². The number of ketones is 1. The molecule has 8 atom stereocenters. The van der Waals surface area contributed by atoms with E-state index in [1.807, 2.05) is 6.92 Å². The van der Waals surface area contributed by atoms with Crippen LogP contribution in [-0.4, -0.2) is 25.8 Å². The van der Waals surface area contributed by atoms with Gasteiger partial charge in [-0.25, -0.2) is 0 Å². The van der Waals surface area contributed by atoms with Crippen LogP contribution >= 0.6 is 0 Å². The lowest BCUT2D eigenvalue weighted by Crippen LogP contribution is -2.54. The van der Waals surface area contributed by atoms with Crippen LogP contribution in [0.3, 0.4) is 0 Å². The second-order valence-electron chi connectivity index (χ2n) is 10.4. The van der Waals surface area contributed by atoms with Crippen molar-refractivity contribution in [1.82, 2.24) is 0 Å². The highest BCUT2D eigenvalue weighted by Crippen LogP contribution is 2.67. The lowest BCUT2D eigenvalue weighted by molar-refractivity contribution is -0.154. The molecule has 4 aliphatic rings. The number of rotatable bonds is 4. The molecule has 0 N–H and O–H groups in total. The van der Waals surface area contributed by atoms with Crippen LogP contribution in [0.15, 0.2) is 0 Å². The van der Waals surface area contributed by atoms with Gasteiger partial charge in [0.2, 0.25) is 0 Å². The van der Waals surface area contributed by atoms with Crippen LogP contribution in [0.1, 0.15) is 78.6 Å². The minimum absolute atomic E-state index is 0.287. The van der Waals surface area contributed by atoms with Crippen molar-refractivity contribution in [3.63, 3.8) is 0 Å². The summed E-state index contributed by atoms with van der Waals surface area (Å²) >= 11 is 0. The molecule has 0 bridgehead atoms. The minimum Gasteiger partial charge on any atom is -0.359 e. The fraction of sp³-hybridized carbons (Fsp3) is 0.957. The lowest BCUT2D eigenvalue weighted by Gasteiger charge is -2.61. The maximum Gasteiger partial charge on any atom is 0.146 e. The van der Waals surface area contributed by atoms with Crippen LogP contribution in [0.5, 0.6) is 0 Å². The van der Waals surface area contributed by atoms with Crippen LogP contribution in [0, 0.1) is 40.4 Å². The molecule has 4 saturated carbocycles. The Hall–Kier alpha value is -0.410. The van der Waals surface area contributed by atoms with Crippen LogP contribution in [0.25, 0.3) is 0 Å². The van der Waals surface area contributed by atoms with Gasteiger partial charge in [0.25, 0.3) is 0 Å². The van der Waals surface area contributed by atoms with Crippen molar-refractivity contribution < 1.29 is 14.3 Å². The molecule has 0 aromatic rings. The summed E-state index contributed by atoms with van der Waals surface area (Å²) in [6.45, 7) is 7.33. The summed E-state index contributed by atoms with van der Waals surface area (Å²) in [5, 5.41) is 0. The molecule has 0 aromatic heterocycles. The molecule has 3 unspecified atom stereocenters. The Labute approximate surface area is 159 Å². The first kappa shape index (κ1) is 18.9. The molecule has 0 saturated heterocycles. The Kier molecular flexibility index (Phi) is 5.01. The van der Waals surface area contributed by atoms with E-state index in [4.69, 9.17) is 9.47 Å². The average molecular weight is 363 g/mol. The Morgan fingerprint density at radius 3 is 2.42 bits per heavy atom. The van der Waals surface area contributed by atoms with E-state index < -0.39 is 0 Å². The summed E-state index contributed by atoms with van der Waals surface area (Å²) < 4.78 is 11.1. The van der Waals surface area contributed by atoms with E-state index in [9.17, 15) is 4.79 Å². The fourth-order valence-electron chi connectivity index (χ4n) is 8.20. The van der Waals surface area contributed by atoms with Gasteiger partial charge in [-0.1, -0.05) is 13.8 Å². The lowest BCUT2D eigenvalue weighted by atomic mass is 9.44. The van der Waals surface area contributed by atoms with Gasteiger partial charge in [-0.2, -0.15) is 0 Å². The molecule has 4 fully saturated rings. The number of fused-ring (bicyclic) bond motifs is 5. The quantitative estimate of drug-likeness (QED) is 0.643. The molecular weight excluding hydrogens is 324 g/mol. The van der Waals surface area contributed by atoms with E-state index in [0.29, 0.717) is 30.0 Å². The zero-order valence-electron chi connectivity index (χ0n) is 17.3. The van der Waals surface area contributed by atoms with E-state index >= 15 is 0 Å². The second kappa shape index (κ2) is 6.88. The third kappa shape index (κ3) is 2.80. The summed E-state index contributed by atoms with van der Waals surface area (Å²) in [4.78, 5) is 12.3. The predicted molar refractivity (Wildman–Crippen MR) is 103 cm³/mol. The Morgan fingerprint density at radius 1 is 0.962 bits per heavy atom. The van der Waals surface area contributed by atoms with Crippen molar-refractivity contribution in [3.8, 4) is 0 Å². The molecule has 3 nitrogen and oxygen atoms in total. The van der Waals surface area contributed by atoms with Gasteiger partial charge in [-0.3, -0.25) is 4.79 Å². The number of hydrogen-bond donors (Lipinski definition) is 0. The maximum absolute atomic E-state index is 12.3. The van der Waals surface area contributed by atoms with Crippen molar-refractivity contribution in [3.05, 3.63) is 0 Å². The Morgan fingerprint density at radius 2 is 1.69 bits per heavy atom. The van der Waals surface area contributed by atoms with E-state index in [1.54, 1.807) is 7.11 Å². The van der Waals surface area contributed by atoms with Gasteiger partial charge in [0.1, 0.15) is 12.6 Å². The molecule has 0 heterocycles. The number of Topliss-reactive ketones (excluding diaryl/α,β-unsaturated/α-hetero) is 1. The Balaban J connectivity index is 1.51. The first-order valence-corrected chi connectivity index (χ1v) is 11.0. The monoisotopic (exact) mass is 362 g/mol. The predicted octanol–water partition coefficient (Wildman–Crippen LogP) is 5.22. The molecule has 4 aliphatic carbocycles. The third-order valence-electron chi connectivity index (χ3n) is 9.53. The number of carbonyl (C=O) groups is 1. The van der Waals surface area contributed by atoms with E-state index in [2.05, 4.69) is 13.8 Å². The first-order chi connectivity index (χ1) is 12.4. The third-order valence-corrected chi connectivity index (χ3v) is 9.53. The van der Waals surface area contributed by atoms with E-state index in [0.717, 1.165) is 30.1 Å². The van der Waals surface area contributed by atoms with Gasteiger partial charge < -0.3 is 9.47 Å². The average Bonchev–Trinajstić information content (AvgIpc) is 2.97. The Bertz CT molecular complexity index is 546. The van der Waals surface area contributed by atoms with Gasteiger partial charge >= 0.3 is 0 Å². The number of carbonyl (C=O) groups excluding carboxylic acids is 1. The summed E-state index contributed by atoms with van der Waals surface area (Å²) in [5.74, 6) is 4.11. The molecule has 0 spiro atoms. The standard InChI is InChI=1S/C23H38O3/c1-15(24)19-7-8-20-18-6-5-16-13-17(26-14-25-4)9-11-22(16,2)21(18)10-12-23(19,20)3/h16-21H,5-14H2,1-4H3/t16?,17-,18+,19-,20?,21?,22+,23-/m1/s1. The summed E-state index contributed by atoms with van der Waals surface area (Å²) in [6.07, 6.45) is 11.9. The molecule has 0 aliphatic heterocycles. The molecule has 0 amide bonds. The van der Waals surface area contributed by atoms with Crippen molar-refractivity contribution >= 4 is 5.78 Å². The normalized spacial score (nSPS) is 50.6. The summed E-state index contributed by atoms with van der Waals surface area (Å²) in [6, 6.07) is 0. The molecule has 26 heavy (non-hydrogen) atoms. The summed E-state index contributed by atoms with van der Waals surface area (Å²) in [5.41, 5.74) is 0.778. The van der Waals surface area contributed by atoms with E-state index in [-0.39, 0.29) is 5.41 Å². The molecule has 3 heteroatoms. The summed E-state index contributed by atoms with van der Waals surface area (Å²) in [7, 11) is 1.72. The van der Waals surface area contributed by atoms with Crippen molar-refractivity contribution in [2.75, 3.05) is 13.9 Å². The van der Waals surface area contributed by atoms with E-state index in [1.165, 1.54) is 51.4 Å². The minimum atomic E-state index is 0.287. The van der Waals surface area contributed by atoms with Crippen LogP contribution in [-0.2, 0) is 14.3 Å². The molecule has 0 aromatic carbocycles. The van der Waals surface area contributed by atoms with Gasteiger partial charge in [0.15, 0.2) is 0 Å². The van der Waals surface area contributed by atoms with Gasteiger partial charge in [-0.05, 0) is 99.2 Å². The highest BCUT2D eigenvalue weighted by Gasteiger charge is 2.60. The van der Waals surface area contributed by atoms with Crippen LogP contribution in [0.2, 0.25) is 0 Å². The molecular formula is C23H38O3. The first-order valence-electron chi connectivity index (χ1n) is 11.0. The topological polar surface area (TPSA) is 35.5 Å². The second-order valence-corrected chi connectivity index (χ2v) is 10.4. The van der Waals surface area contributed by atoms with Crippen LogP contribution < -0.4 is 0 Å². The number of hydrogen-bond acceptors (Lipinski definition) is 3. The van der Waals surface area contributed by atoms with Crippen molar-refractivity contribution in [1.29, 1.82) is 0 Å². The molecule has 4 rings (SSSR count). The zero-order valence-corrected chi connectivity index (χ0v) is 17.3. The highest BCUT2D eigenvalue weighted by atomic mass is 16.7. The number of ether oxygens (including phenoxy) is 2. The smallest absolute Gasteiger partial charge is 0.146 e. The van der Waals surface area contributed by atoms with Gasteiger partial charge in [0.05, 0.1) is 6.10 Å². The highest BCUT2D eigenvalue weighted by molar-refractivity contribution is 5.79. The van der Waals surface area contributed by atoms with Crippen molar-refractivity contribution in [2.45, 2.75) is 84.7 Å². The SMILES string of the molecule is COCO[C@@H]1CC[C@@]2(C)C(CC[C@@H]3C2CC[C@@]2(C)C3CC[C@@H]2C(C)=O)C1. The van der Waals surface area contributed by atoms with Crippen molar-refractivity contribution in [2.24, 2.45) is 40.4 Å². The fourth-order valence-corrected chi connectivity index (χ4v) is 8.20. The molecule has 148 valence electrons. The van der Waals surface area contributed by atoms with Gasteiger partial charge in [0, 0.05) is 13.0 Å². The molecule has 0 radical (unpaired) electrons. The largest absolute Gasteiger partial charge is 0.359 e.